The minimum atomic E-state index is -0.444. The molecule has 0 bridgehead atoms. The fraction of sp³-hybridized carbons (Fsp3) is 0. The number of nitriles is 1. The number of aromatic amines is 2. The monoisotopic (exact) mass is 369 g/mol. The Morgan fingerprint density at radius 1 is 1.16 bits per heavy atom. The van der Waals surface area contributed by atoms with Crippen LogP contribution in [0.5, 0.6) is 0 Å². The molecule has 0 radical (unpaired) electrons. The third kappa shape index (κ3) is 2.25. The highest BCUT2D eigenvalue weighted by atomic mass is 35.5. The average molecular weight is 370 g/mol. The molecule has 0 saturated heterocycles. The van der Waals surface area contributed by atoms with E-state index in [2.05, 4.69) is 15.2 Å². The van der Waals surface area contributed by atoms with Crippen LogP contribution in [0.15, 0.2) is 35.3 Å². The van der Waals surface area contributed by atoms with Crippen molar-refractivity contribution < 1.29 is 0 Å². The van der Waals surface area contributed by atoms with E-state index in [-0.39, 0.29) is 16.3 Å². The van der Waals surface area contributed by atoms with Gasteiger partial charge in [0, 0.05) is 16.3 Å². The lowest BCUT2D eigenvalue weighted by Crippen LogP contribution is -2.13. The number of fused-ring (bicyclic) bond motifs is 2. The molecule has 8 heteroatoms. The maximum Gasteiger partial charge on any atom is 0.272 e. The fourth-order valence-electron chi connectivity index (χ4n) is 2.93. The van der Waals surface area contributed by atoms with E-state index in [1.165, 1.54) is 6.07 Å². The molecule has 122 valence electrons. The second-order valence-electron chi connectivity index (χ2n) is 5.49. The minimum Gasteiger partial charge on any atom is -0.394 e. The number of anilines is 1. The lowest BCUT2D eigenvalue weighted by Gasteiger charge is -2.12. The smallest absolute Gasteiger partial charge is 0.272 e. The minimum absolute atomic E-state index is 0.0538. The van der Waals surface area contributed by atoms with Crippen LogP contribution in [0.25, 0.3) is 32.9 Å². The number of nitrogens with two attached hydrogens (primary N) is 1. The van der Waals surface area contributed by atoms with E-state index in [0.717, 1.165) is 5.39 Å². The summed E-state index contributed by atoms with van der Waals surface area (Å²) in [4.78, 5) is 15.0. The maximum absolute atomic E-state index is 12.3. The predicted octanol–water partition coefficient (Wildman–Crippen LogP) is 3.83. The highest BCUT2D eigenvalue weighted by Crippen LogP contribution is 2.38. The summed E-state index contributed by atoms with van der Waals surface area (Å²) in [6, 6.07) is 8.63. The molecule has 0 spiro atoms. The van der Waals surface area contributed by atoms with Crippen molar-refractivity contribution in [1.82, 2.24) is 15.2 Å². The topological polar surface area (TPSA) is 111 Å². The van der Waals surface area contributed by atoms with Crippen molar-refractivity contribution in [1.29, 1.82) is 5.26 Å². The van der Waals surface area contributed by atoms with E-state index in [1.807, 2.05) is 6.07 Å². The number of aromatic nitrogens is 3. The Morgan fingerprint density at radius 3 is 2.72 bits per heavy atom. The second kappa shape index (κ2) is 5.52. The van der Waals surface area contributed by atoms with Crippen LogP contribution in [0.2, 0.25) is 10.0 Å². The zero-order chi connectivity index (χ0) is 17.7. The molecule has 0 amide bonds. The van der Waals surface area contributed by atoms with Crippen molar-refractivity contribution in [2.45, 2.75) is 0 Å². The molecule has 25 heavy (non-hydrogen) atoms. The van der Waals surface area contributed by atoms with Crippen molar-refractivity contribution in [2.24, 2.45) is 0 Å². The molecule has 0 aliphatic carbocycles. The summed E-state index contributed by atoms with van der Waals surface area (Å²) in [6.07, 6.45) is 1.62. The summed E-state index contributed by atoms with van der Waals surface area (Å²) in [5, 5.41) is 18.2. The first-order chi connectivity index (χ1) is 12.0. The largest absolute Gasteiger partial charge is 0.394 e. The number of H-pyrrole nitrogens is 2. The molecular formula is C17H9Cl2N5O. The third-order valence-corrected chi connectivity index (χ3v) is 4.72. The molecule has 2 heterocycles. The Morgan fingerprint density at radius 2 is 1.96 bits per heavy atom. The van der Waals surface area contributed by atoms with Gasteiger partial charge in [-0.05, 0) is 23.8 Å². The second-order valence-corrected chi connectivity index (χ2v) is 6.30. The van der Waals surface area contributed by atoms with Gasteiger partial charge in [0.2, 0.25) is 0 Å². The van der Waals surface area contributed by atoms with E-state index in [1.54, 1.807) is 24.4 Å². The van der Waals surface area contributed by atoms with Gasteiger partial charge in [0.15, 0.2) is 0 Å². The van der Waals surface area contributed by atoms with Gasteiger partial charge < -0.3 is 10.7 Å². The average Bonchev–Trinajstić information content (AvgIpc) is 3.08. The first kappa shape index (κ1) is 15.5. The molecule has 0 aliphatic rings. The summed E-state index contributed by atoms with van der Waals surface area (Å²) in [5.74, 6) is 0. The molecule has 0 aliphatic heterocycles. The number of halogens is 2. The standard InChI is InChI=1S/C17H9Cl2N5O/c18-11-2-1-8(10-6-22-24-16(10)11)14-9-4-12(19)7(5-20)3-13(9)23-17(25)15(14)21/h1-4,6H,21H2,(H,22,24)(H,23,25). The van der Waals surface area contributed by atoms with Crippen LogP contribution in [0.1, 0.15) is 5.56 Å². The Bertz CT molecular complexity index is 1270. The van der Waals surface area contributed by atoms with Gasteiger partial charge in [-0.2, -0.15) is 10.4 Å². The molecule has 0 atom stereocenters. The van der Waals surface area contributed by atoms with Gasteiger partial charge in [0.1, 0.15) is 11.8 Å². The molecule has 0 saturated carbocycles. The number of nitrogens with zero attached hydrogens (tertiary/aromatic N) is 2. The van der Waals surface area contributed by atoms with E-state index in [4.69, 9.17) is 34.2 Å². The molecule has 2 aromatic carbocycles. The van der Waals surface area contributed by atoms with Crippen LogP contribution in [-0.2, 0) is 0 Å². The Labute approximate surface area is 150 Å². The number of nitrogen functional groups attached to an aromatic ring is 1. The van der Waals surface area contributed by atoms with Gasteiger partial charge in [-0.1, -0.05) is 29.3 Å². The van der Waals surface area contributed by atoms with Crippen molar-refractivity contribution in [3.05, 3.63) is 56.4 Å². The van der Waals surface area contributed by atoms with Crippen molar-refractivity contribution in [3.8, 4) is 17.2 Å². The highest BCUT2D eigenvalue weighted by Gasteiger charge is 2.18. The summed E-state index contributed by atoms with van der Waals surface area (Å²) in [5.41, 5.74) is 8.30. The molecule has 6 nitrogen and oxygen atoms in total. The van der Waals surface area contributed by atoms with E-state index < -0.39 is 5.56 Å². The van der Waals surface area contributed by atoms with Crippen LogP contribution < -0.4 is 11.3 Å². The number of benzene rings is 2. The van der Waals surface area contributed by atoms with Gasteiger partial charge in [0.25, 0.3) is 5.56 Å². The predicted molar refractivity (Wildman–Crippen MR) is 98.8 cm³/mol. The molecular weight excluding hydrogens is 361 g/mol. The van der Waals surface area contributed by atoms with E-state index >= 15 is 0 Å². The van der Waals surface area contributed by atoms with Crippen LogP contribution in [0, 0.1) is 11.3 Å². The number of pyridine rings is 1. The summed E-state index contributed by atoms with van der Waals surface area (Å²) in [6.45, 7) is 0. The molecule has 0 fully saturated rings. The lowest BCUT2D eigenvalue weighted by atomic mass is 9.96. The number of rotatable bonds is 1. The molecule has 4 N–H and O–H groups in total. The van der Waals surface area contributed by atoms with Crippen molar-refractivity contribution >= 4 is 50.7 Å². The molecule has 4 aromatic rings. The quantitative estimate of drug-likeness (QED) is 0.473. The van der Waals surface area contributed by atoms with Crippen molar-refractivity contribution in [3.63, 3.8) is 0 Å². The van der Waals surface area contributed by atoms with Crippen LogP contribution in [0.3, 0.4) is 0 Å². The Balaban J connectivity index is 2.21. The maximum atomic E-state index is 12.3. The van der Waals surface area contributed by atoms with Crippen molar-refractivity contribution in [2.75, 3.05) is 5.73 Å². The number of hydrogen-bond donors (Lipinski definition) is 3. The van der Waals surface area contributed by atoms with Gasteiger partial charge >= 0.3 is 0 Å². The summed E-state index contributed by atoms with van der Waals surface area (Å²) >= 11 is 12.4. The van der Waals surface area contributed by atoms with Gasteiger partial charge in [-0.25, -0.2) is 0 Å². The highest BCUT2D eigenvalue weighted by molar-refractivity contribution is 6.36. The lowest BCUT2D eigenvalue weighted by molar-refractivity contribution is 1.12. The normalized spacial score (nSPS) is 11.1. The van der Waals surface area contributed by atoms with Gasteiger partial charge in [-0.3, -0.25) is 9.89 Å². The summed E-state index contributed by atoms with van der Waals surface area (Å²) in [7, 11) is 0. The Kier molecular flexibility index (Phi) is 3.42. The first-order valence-corrected chi connectivity index (χ1v) is 7.94. The SMILES string of the molecule is N#Cc1cc2[nH]c(=O)c(N)c(-c3ccc(Cl)c4[nH]ncc34)c2cc1Cl. The van der Waals surface area contributed by atoms with Crippen LogP contribution in [0.4, 0.5) is 5.69 Å². The number of nitrogens with one attached hydrogen (secondary N) is 2. The summed E-state index contributed by atoms with van der Waals surface area (Å²) < 4.78 is 0. The van der Waals surface area contributed by atoms with Crippen LogP contribution >= 0.6 is 23.2 Å². The molecule has 4 rings (SSSR count). The van der Waals surface area contributed by atoms with Gasteiger partial charge in [0.05, 0.1) is 32.8 Å². The molecule has 0 unspecified atom stereocenters. The fourth-order valence-corrected chi connectivity index (χ4v) is 3.34. The zero-order valence-corrected chi connectivity index (χ0v) is 14.0. The van der Waals surface area contributed by atoms with E-state index in [9.17, 15) is 4.79 Å². The molecule has 2 aromatic heterocycles. The van der Waals surface area contributed by atoms with Crippen LogP contribution in [-0.4, -0.2) is 15.2 Å². The number of hydrogen-bond acceptors (Lipinski definition) is 4. The Hall–Kier alpha value is -3.01. The van der Waals surface area contributed by atoms with Gasteiger partial charge in [-0.15, -0.1) is 0 Å². The first-order valence-electron chi connectivity index (χ1n) is 7.18. The zero-order valence-electron chi connectivity index (χ0n) is 12.5. The third-order valence-electron chi connectivity index (χ3n) is 4.09. The van der Waals surface area contributed by atoms with E-state index in [0.29, 0.717) is 32.6 Å².